The number of ether oxygens (including phenoxy) is 1. The lowest BCUT2D eigenvalue weighted by Gasteiger charge is -2.13. The van der Waals surface area contributed by atoms with E-state index >= 15 is 0 Å². The molecule has 0 aromatic carbocycles. The predicted octanol–water partition coefficient (Wildman–Crippen LogP) is 2.09. The predicted molar refractivity (Wildman–Crippen MR) is 61.8 cm³/mol. The summed E-state index contributed by atoms with van der Waals surface area (Å²) >= 11 is 5.79. The summed E-state index contributed by atoms with van der Waals surface area (Å²) in [6, 6.07) is 0. The van der Waals surface area contributed by atoms with Crippen molar-refractivity contribution < 1.29 is 4.74 Å². The molecule has 1 aliphatic rings. The summed E-state index contributed by atoms with van der Waals surface area (Å²) < 4.78 is 5.28. The highest BCUT2D eigenvalue weighted by Crippen LogP contribution is 2.11. The molecule has 2 heteroatoms. The monoisotopic (exact) mass is 216 g/mol. The van der Waals surface area contributed by atoms with Crippen LogP contribution < -0.4 is 0 Å². The van der Waals surface area contributed by atoms with E-state index in [2.05, 4.69) is 35.5 Å². The van der Waals surface area contributed by atoms with E-state index in [4.69, 9.17) is 16.3 Å². The van der Waals surface area contributed by atoms with Gasteiger partial charge in [-0.25, -0.2) is 0 Å². The van der Waals surface area contributed by atoms with Gasteiger partial charge in [-0.2, -0.15) is 0 Å². The smallest absolute Gasteiger partial charge is 0.127 e. The van der Waals surface area contributed by atoms with Crippen molar-refractivity contribution in [1.82, 2.24) is 0 Å². The van der Waals surface area contributed by atoms with Crippen molar-refractivity contribution in [3.05, 3.63) is 24.0 Å². The normalized spacial score (nSPS) is 19.9. The first-order chi connectivity index (χ1) is 7.33. The minimum atomic E-state index is -0.0465. The molecule has 0 aromatic rings. The molecule has 0 N–H and O–H groups in total. The van der Waals surface area contributed by atoms with Crippen LogP contribution in [0.3, 0.4) is 0 Å². The van der Waals surface area contributed by atoms with E-state index in [0.717, 1.165) is 0 Å². The van der Waals surface area contributed by atoms with E-state index in [9.17, 15) is 0 Å². The molecule has 0 aliphatic carbocycles. The quantitative estimate of drug-likeness (QED) is 0.445. The van der Waals surface area contributed by atoms with E-state index in [1.807, 2.05) is 6.08 Å². The number of alkyl halides is 1. The maximum Gasteiger partial charge on any atom is 0.127 e. The first kappa shape index (κ1) is 11.3. The van der Waals surface area contributed by atoms with Crippen molar-refractivity contribution in [2.45, 2.75) is 12.3 Å². The van der Waals surface area contributed by atoms with Crippen molar-refractivity contribution in [2.24, 2.45) is 0 Å². The van der Waals surface area contributed by atoms with Crippen LogP contribution in [-0.4, -0.2) is 12.0 Å². The summed E-state index contributed by atoms with van der Waals surface area (Å²) in [6.07, 6.45) is 5.33. The van der Waals surface area contributed by atoms with Gasteiger partial charge in [-0.1, -0.05) is 17.9 Å². The molecule has 0 saturated carbocycles. The van der Waals surface area contributed by atoms with Gasteiger partial charge in [0.25, 0.3) is 0 Å². The van der Waals surface area contributed by atoms with Gasteiger partial charge in [-0.05, 0) is 36.7 Å². The van der Waals surface area contributed by atoms with Crippen LogP contribution in [0.5, 0.6) is 0 Å². The Morgan fingerprint density at radius 1 is 1.40 bits per heavy atom. The first-order valence-corrected chi connectivity index (χ1v) is 4.84. The third-order valence-electron chi connectivity index (χ3n) is 1.48. The average Bonchev–Trinajstić information content (AvgIpc) is 2.26. The van der Waals surface area contributed by atoms with Crippen LogP contribution >= 0.6 is 11.6 Å². The van der Waals surface area contributed by atoms with Crippen LogP contribution in [0, 0.1) is 35.5 Å². The number of allylic oxidation sites excluding steroid dienone is 2. The minimum Gasteiger partial charge on any atom is -0.491 e. The van der Waals surface area contributed by atoms with E-state index in [-0.39, 0.29) is 5.38 Å². The van der Waals surface area contributed by atoms with Crippen LogP contribution in [0.25, 0.3) is 0 Å². The maximum absolute atomic E-state index is 5.79. The van der Waals surface area contributed by atoms with E-state index in [1.165, 1.54) is 0 Å². The van der Waals surface area contributed by atoms with E-state index in [0.29, 0.717) is 12.4 Å². The molecule has 1 atom stereocenters. The van der Waals surface area contributed by atoms with Crippen LogP contribution in [-0.2, 0) is 4.74 Å². The summed E-state index contributed by atoms with van der Waals surface area (Å²) in [5, 5.41) is -0.0465. The summed E-state index contributed by atoms with van der Waals surface area (Å²) in [5.41, 5.74) is 0. The molecule has 0 bridgehead atoms. The average molecular weight is 217 g/mol. The topological polar surface area (TPSA) is 9.23 Å². The summed E-state index contributed by atoms with van der Waals surface area (Å²) in [5.74, 6) is 16.5. The van der Waals surface area contributed by atoms with Gasteiger partial charge >= 0.3 is 0 Å². The molecule has 0 amide bonds. The molecule has 74 valence electrons. The van der Waals surface area contributed by atoms with Crippen molar-refractivity contribution in [1.29, 1.82) is 0 Å². The van der Waals surface area contributed by atoms with Gasteiger partial charge in [0.2, 0.25) is 0 Å². The van der Waals surface area contributed by atoms with Crippen LogP contribution in [0.15, 0.2) is 24.0 Å². The maximum atomic E-state index is 5.79. The Morgan fingerprint density at radius 2 is 2.20 bits per heavy atom. The SMILES string of the molecule is CC#CC#CC#C/C=C1\C=C[C@@H](Cl)CO1. The zero-order chi connectivity index (χ0) is 10.9. The third kappa shape index (κ3) is 4.87. The number of rotatable bonds is 0. The Labute approximate surface area is 95.1 Å². The summed E-state index contributed by atoms with van der Waals surface area (Å²) in [6.45, 7) is 2.21. The Hall–Kier alpha value is -1.75. The van der Waals surface area contributed by atoms with Gasteiger partial charge in [-0.15, -0.1) is 11.6 Å². The van der Waals surface area contributed by atoms with Crippen molar-refractivity contribution >= 4 is 11.6 Å². The Bertz CT molecular complexity index is 452. The molecule has 1 heterocycles. The minimum absolute atomic E-state index is 0.0465. The molecule has 0 saturated heterocycles. The fourth-order valence-corrected chi connectivity index (χ4v) is 0.973. The van der Waals surface area contributed by atoms with Crippen molar-refractivity contribution in [2.75, 3.05) is 6.61 Å². The lowest BCUT2D eigenvalue weighted by atomic mass is 10.3. The molecule has 0 fully saturated rings. The Balaban J connectivity index is 2.54. The summed E-state index contributed by atoms with van der Waals surface area (Å²) in [7, 11) is 0. The molecular formula is C13H9ClO. The van der Waals surface area contributed by atoms with Crippen LogP contribution in [0.2, 0.25) is 0 Å². The van der Waals surface area contributed by atoms with Gasteiger partial charge in [0.1, 0.15) is 12.4 Å². The van der Waals surface area contributed by atoms with Gasteiger partial charge < -0.3 is 4.74 Å². The molecule has 0 radical (unpaired) electrons. The highest BCUT2D eigenvalue weighted by molar-refractivity contribution is 6.22. The first-order valence-electron chi connectivity index (χ1n) is 4.40. The Kier molecular flexibility index (Phi) is 5.03. The second-order valence-electron chi connectivity index (χ2n) is 2.63. The molecule has 1 rings (SSSR count). The number of halogens is 1. The molecule has 1 nitrogen and oxygen atoms in total. The zero-order valence-electron chi connectivity index (χ0n) is 8.30. The fourth-order valence-electron chi connectivity index (χ4n) is 0.837. The number of hydrogen-bond acceptors (Lipinski definition) is 1. The van der Waals surface area contributed by atoms with E-state index < -0.39 is 0 Å². The zero-order valence-corrected chi connectivity index (χ0v) is 9.06. The highest BCUT2D eigenvalue weighted by Gasteiger charge is 2.06. The number of hydrogen-bond donors (Lipinski definition) is 0. The fraction of sp³-hybridized carbons (Fsp3) is 0.231. The van der Waals surface area contributed by atoms with Crippen molar-refractivity contribution in [3.8, 4) is 35.5 Å². The Morgan fingerprint density at radius 3 is 2.87 bits per heavy atom. The standard InChI is InChI=1S/C13H9ClO/c1-2-3-4-5-6-7-8-13-10-9-12(14)11-15-13/h8-10,12H,11H2,1H3/b13-8+/t12-/m1/s1. The second-order valence-corrected chi connectivity index (χ2v) is 3.19. The lowest BCUT2D eigenvalue weighted by Crippen LogP contribution is -2.09. The second kappa shape index (κ2) is 6.67. The van der Waals surface area contributed by atoms with Crippen molar-refractivity contribution in [3.63, 3.8) is 0 Å². The molecule has 0 unspecified atom stereocenters. The molecular weight excluding hydrogens is 208 g/mol. The van der Waals surface area contributed by atoms with Crippen LogP contribution in [0.4, 0.5) is 0 Å². The summed E-state index contributed by atoms with van der Waals surface area (Å²) in [4.78, 5) is 0. The molecule has 0 aromatic heterocycles. The highest BCUT2D eigenvalue weighted by atomic mass is 35.5. The van der Waals surface area contributed by atoms with Crippen LogP contribution in [0.1, 0.15) is 6.92 Å². The largest absolute Gasteiger partial charge is 0.491 e. The molecule has 1 aliphatic heterocycles. The third-order valence-corrected chi connectivity index (χ3v) is 1.75. The van der Waals surface area contributed by atoms with Gasteiger partial charge in [0.05, 0.1) is 5.38 Å². The van der Waals surface area contributed by atoms with Gasteiger partial charge in [-0.3, -0.25) is 0 Å². The molecule has 15 heavy (non-hydrogen) atoms. The lowest BCUT2D eigenvalue weighted by molar-refractivity contribution is 0.224. The van der Waals surface area contributed by atoms with Gasteiger partial charge in [0.15, 0.2) is 0 Å². The van der Waals surface area contributed by atoms with Gasteiger partial charge in [0, 0.05) is 6.08 Å². The van der Waals surface area contributed by atoms with E-state index in [1.54, 1.807) is 19.1 Å². The molecule has 0 spiro atoms.